The van der Waals surface area contributed by atoms with Gasteiger partial charge in [0.25, 0.3) is 5.91 Å². The van der Waals surface area contributed by atoms with Gasteiger partial charge in [-0.15, -0.1) is 0 Å². The molecule has 0 aromatic heterocycles. The maximum absolute atomic E-state index is 13.5. The average Bonchev–Trinajstić information content (AvgIpc) is 3.36. The second-order valence-corrected chi connectivity index (χ2v) is 10.8. The van der Waals surface area contributed by atoms with E-state index < -0.39 is 0 Å². The van der Waals surface area contributed by atoms with Gasteiger partial charge in [-0.3, -0.25) is 19.5 Å². The number of amides is 1. The quantitative estimate of drug-likeness (QED) is 0.438. The molecule has 2 aliphatic rings. The van der Waals surface area contributed by atoms with E-state index in [-0.39, 0.29) is 11.5 Å². The third kappa shape index (κ3) is 7.26. The molecule has 0 spiro atoms. The number of carbonyl (C=O) groups excluding carboxylic acids is 1. The molecular weight excluding hydrogens is 484 g/mol. The summed E-state index contributed by atoms with van der Waals surface area (Å²) in [6.07, 6.45) is 3.96. The van der Waals surface area contributed by atoms with E-state index in [1.165, 1.54) is 43.5 Å². The lowest BCUT2D eigenvalue weighted by Gasteiger charge is -2.28. The van der Waals surface area contributed by atoms with Crippen molar-refractivity contribution in [3.05, 3.63) is 81.7 Å². The first-order valence-electron chi connectivity index (χ1n) is 14.1. The number of nitrogens with zero attached hydrogens (tertiary/aromatic N) is 6. The van der Waals surface area contributed by atoms with E-state index in [1.807, 2.05) is 49.1 Å². The summed E-state index contributed by atoms with van der Waals surface area (Å²) >= 11 is 0. The minimum atomic E-state index is -0.167. The van der Waals surface area contributed by atoms with Gasteiger partial charge in [-0.1, -0.05) is 54.8 Å². The van der Waals surface area contributed by atoms with Gasteiger partial charge in [-0.25, -0.2) is 0 Å². The molecule has 0 radical (unpaired) electrons. The van der Waals surface area contributed by atoms with Crippen LogP contribution >= 0.6 is 0 Å². The van der Waals surface area contributed by atoms with Gasteiger partial charge in [0.1, 0.15) is 18.0 Å². The average molecular weight is 525 g/mol. The standard InChI is InChI=1S/C32H40N6O/c1-4-35(23-27-8-10-28(11-9-27)24-36-12-6-5-7-13-36)14-15-37-16-17-38(31(37)30(21-33)22-34)32(39)29-19-25(2)18-26(3)20-29/h8-11,18-20H,4-7,12-17,23-24H2,1-3H3. The van der Waals surface area contributed by atoms with Crippen molar-refractivity contribution in [3.63, 3.8) is 0 Å². The predicted molar refractivity (Wildman–Crippen MR) is 153 cm³/mol. The fourth-order valence-corrected chi connectivity index (χ4v) is 5.69. The largest absolute Gasteiger partial charge is 0.353 e. The molecule has 39 heavy (non-hydrogen) atoms. The normalized spacial score (nSPS) is 15.9. The third-order valence-corrected chi connectivity index (χ3v) is 7.73. The van der Waals surface area contributed by atoms with Crippen molar-refractivity contribution in [2.75, 3.05) is 45.8 Å². The molecule has 0 saturated carbocycles. The lowest BCUT2D eigenvalue weighted by Crippen LogP contribution is -2.35. The van der Waals surface area contributed by atoms with Crippen molar-refractivity contribution in [2.45, 2.75) is 53.1 Å². The highest BCUT2D eigenvalue weighted by Crippen LogP contribution is 2.25. The van der Waals surface area contributed by atoms with Crippen LogP contribution in [0.4, 0.5) is 0 Å². The van der Waals surface area contributed by atoms with Crippen molar-refractivity contribution in [1.29, 1.82) is 10.5 Å². The Morgan fingerprint density at radius 3 is 2.15 bits per heavy atom. The summed E-state index contributed by atoms with van der Waals surface area (Å²) in [7, 11) is 0. The first kappa shape index (κ1) is 28.4. The summed E-state index contributed by atoms with van der Waals surface area (Å²) in [5.74, 6) is 0.265. The molecule has 2 saturated heterocycles. The first-order valence-corrected chi connectivity index (χ1v) is 14.1. The molecule has 204 valence electrons. The molecule has 2 heterocycles. The maximum atomic E-state index is 13.5. The molecule has 1 amide bonds. The van der Waals surface area contributed by atoms with Crippen LogP contribution in [-0.4, -0.2) is 71.3 Å². The van der Waals surface area contributed by atoms with Crippen molar-refractivity contribution in [3.8, 4) is 12.1 Å². The number of likely N-dealkylation sites (N-methyl/N-ethyl adjacent to an activating group) is 1. The second-order valence-electron chi connectivity index (χ2n) is 10.8. The van der Waals surface area contributed by atoms with E-state index in [9.17, 15) is 15.3 Å². The molecule has 2 aromatic rings. The topological polar surface area (TPSA) is 77.6 Å². The fraction of sp³-hybridized carbons (Fsp3) is 0.469. The zero-order chi connectivity index (χ0) is 27.8. The van der Waals surface area contributed by atoms with Crippen molar-refractivity contribution in [2.24, 2.45) is 0 Å². The van der Waals surface area contributed by atoms with Crippen LogP contribution in [0.5, 0.6) is 0 Å². The van der Waals surface area contributed by atoms with E-state index in [2.05, 4.69) is 41.0 Å². The van der Waals surface area contributed by atoms with Crippen molar-refractivity contribution in [1.82, 2.24) is 19.6 Å². The molecule has 0 unspecified atom stereocenters. The second kappa shape index (κ2) is 13.4. The Bertz CT molecular complexity index is 1230. The zero-order valence-electron chi connectivity index (χ0n) is 23.6. The van der Waals surface area contributed by atoms with E-state index >= 15 is 0 Å². The van der Waals surface area contributed by atoms with Crippen LogP contribution in [0.1, 0.15) is 58.8 Å². The number of hydrogen-bond acceptors (Lipinski definition) is 6. The van der Waals surface area contributed by atoms with E-state index in [0.29, 0.717) is 31.0 Å². The Morgan fingerprint density at radius 2 is 1.54 bits per heavy atom. The molecule has 2 fully saturated rings. The Hall–Kier alpha value is -3.65. The molecule has 2 aliphatic heterocycles. The molecule has 0 atom stereocenters. The number of rotatable bonds is 9. The smallest absolute Gasteiger partial charge is 0.259 e. The van der Waals surface area contributed by atoms with E-state index in [4.69, 9.17) is 0 Å². The fourth-order valence-electron chi connectivity index (χ4n) is 5.69. The van der Waals surface area contributed by atoms with Gasteiger partial charge in [-0.05, 0) is 69.6 Å². The molecule has 0 bridgehead atoms. The van der Waals surface area contributed by atoms with Gasteiger partial charge in [0.2, 0.25) is 0 Å². The van der Waals surface area contributed by atoms with Gasteiger partial charge in [0.05, 0.1) is 0 Å². The number of allylic oxidation sites excluding steroid dienone is 1. The number of likely N-dealkylation sites (tertiary alicyclic amines) is 1. The van der Waals surface area contributed by atoms with Gasteiger partial charge in [0, 0.05) is 44.8 Å². The third-order valence-electron chi connectivity index (χ3n) is 7.73. The predicted octanol–water partition coefficient (Wildman–Crippen LogP) is 4.83. The molecule has 7 heteroatoms. The first-order chi connectivity index (χ1) is 18.9. The van der Waals surface area contributed by atoms with E-state index in [1.54, 1.807) is 4.90 Å². The zero-order valence-corrected chi connectivity index (χ0v) is 23.6. The number of carbonyl (C=O) groups is 1. The molecule has 7 nitrogen and oxygen atoms in total. The van der Waals surface area contributed by atoms with Crippen LogP contribution in [0.2, 0.25) is 0 Å². The van der Waals surface area contributed by atoms with Crippen LogP contribution in [0.25, 0.3) is 0 Å². The highest BCUT2D eigenvalue weighted by atomic mass is 16.2. The number of nitriles is 2. The van der Waals surface area contributed by atoms with Crippen LogP contribution in [0.3, 0.4) is 0 Å². The van der Waals surface area contributed by atoms with Crippen LogP contribution in [0.15, 0.2) is 53.9 Å². The summed E-state index contributed by atoms with van der Waals surface area (Å²) in [5.41, 5.74) is 5.23. The highest BCUT2D eigenvalue weighted by Gasteiger charge is 2.33. The number of aryl methyl sites for hydroxylation is 2. The van der Waals surface area contributed by atoms with Crippen LogP contribution in [-0.2, 0) is 13.1 Å². The summed E-state index contributed by atoms with van der Waals surface area (Å²) in [5, 5.41) is 19.4. The van der Waals surface area contributed by atoms with Crippen molar-refractivity contribution < 1.29 is 4.79 Å². The molecule has 0 N–H and O–H groups in total. The lowest BCUT2D eigenvalue weighted by molar-refractivity contribution is 0.0816. The summed E-state index contributed by atoms with van der Waals surface area (Å²) in [6.45, 7) is 13.7. The minimum absolute atomic E-state index is 0.0161. The molecular formula is C32H40N6O. The summed E-state index contributed by atoms with van der Waals surface area (Å²) in [6, 6.07) is 18.8. The number of benzene rings is 2. The van der Waals surface area contributed by atoms with Gasteiger partial charge in [-0.2, -0.15) is 10.5 Å². The van der Waals surface area contributed by atoms with Crippen molar-refractivity contribution >= 4 is 5.91 Å². The molecule has 4 rings (SSSR count). The van der Waals surface area contributed by atoms with Crippen LogP contribution in [0, 0.1) is 36.5 Å². The minimum Gasteiger partial charge on any atom is -0.353 e. The summed E-state index contributed by atoms with van der Waals surface area (Å²) in [4.78, 5) is 22.0. The monoisotopic (exact) mass is 524 g/mol. The number of hydrogen-bond donors (Lipinski definition) is 0. The highest BCUT2D eigenvalue weighted by molar-refractivity contribution is 5.96. The summed E-state index contributed by atoms with van der Waals surface area (Å²) < 4.78 is 0. The Morgan fingerprint density at radius 1 is 0.897 bits per heavy atom. The molecule has 0 aliphatic carbocycles. The molecule has 2 aromatic carbocycles. The van der Waals surface area contributed by atoms with Gasteiger partial charge >= 0.3 is 0 Å². The van der Waals surface area contributed by atoms with Gasteiger partial charge in [0.15, 0.2) is 5.57 Å². The SMILES string of the molecule is CCN(CCN1CCN(C(=O)c2cc(C)cc(C)c2)C1=C(C#N)C#N)Cc1ccc(CN2CCCCC2)cc1. The van der Waals surface area contributed by atoms with E-state index in [0.717, 1.165) is 37.3 Å². The Balaban J connectivity index is 1.40. The maximum Gasteiger partial charge on any atom is 0.259 e. The lowest BCUT2D eigenvalue weighted by atomic mass is 10.1. The van der Waals surface area contributed by atoms with Gasteiger partial charge < -0.3 is 4.90 Å². The Kier molecular flexibility index (Phi) is 9.76. The Labute approximate surface area is 233 Å². The number of piperidine rings is 1. The van der Waals surface area contributed by atoms with Crippen LogP contribution < -0.4 is 0 Å².